The summed E-state index contributed by atoms with van der Waals surface area (Å²) >= 11 is 0. The van der Waals surface area contributed by atoms with Gasteiger partial charge in [-0.15, -0.1) is 0 Å². The fraction of sp³-hybridized carbons (Fsp3) is 0.600. The number of hydrogen-bond donors (Lipinski definition) is 1. The first-order valence-electron chi connectivity index (χ1n) is 9.47. The molecule has 0 unspecified atom stereocenters. The van der Waals surface area contributed by atoms with Crippen LogP contribution in [0.5, 0.6) is 0 Å². The van der Waals surface area contributed by atoms with Crippen LogP contribution in [0.15, 0.2) is 18.2 Å². The quantitative estimate of drug-likeness (QED) is 0.902. The monoisotopic (exact) mass is 343 g/mol. The number of amides is 3. The third-order valence-corrected chi connectivity index (χ3v) is 5.48. The van der Waals surface area contributed by atoms with E-state index in [4.69, 9.17) is 0 Å². The lowest BCUT2D eigenvalue weighted by Gasteiger charge is -2.24. The van der Waals surface area contributed by atoms with Crippen LogP contribution in [0.4, 0.5) is 10.5 Å². The Balaban J connectivity index is 1.72. The number of anilines is 1. The standard InChI is InChI=1S/C20H29N3O2/c1-15-8-7-11-17(19(24)23-12-5-6-13-23)18(15)21-20(25)22(2)14-16-9-3-4-10-16/h7-8,11,16H,3-6,9-10,12-14H2,1-2H3,(H,21,25). The third kappa shape index (κ3) is 4.14. The second kappa shape index (κ2) is 7.89. The molecule has 0 radical (unpaired) electrons. The fourth-order valence-corrected chi connectivity index (χ4v) is 3.97. The normalized spacial score (nSPS) is 17.8. The van der Waals surface area contributed by atoms with Gasteiger partial charge in [-0.1, -0.05) is 25.0 Å². The zero-order valence-electron chi connectivity index (χ0n) is 15.4. The first kappa shape index (κ1) is 17.8. The zero-order chi connectivity index (χ0) is 17.8. The summed E-state index contributed by atoms with van der Waals surface area (Å²) in [6.45, 7) is 4.34. The summed E-state index contributed by atoms with van der Waals surface area (Å²) in [5, 5.41) is 3.00. The number of likely N-dealkylation sites (tertiary alicyclic amines) is 1. The lowest BCUT2D eigenvalue weighted by molar-refractivity contribution is 0.0793. The van der Waals surface area contributed by atoms with Gasteiger partial charge in [-0.05, 0) is 50.2 Å². The molecule has 25 heavy (non-hydrogen) atoms. The molecule has 0 bridgehead atoms. The van der Waals surface area contributed by atoms with E-state index in [0.717, 1.165) is 38.0 Å². The van der Waals surface area contributed by atoms with Crippen LogP contribution in [0.1, 0.15) is 54.4 Å². The van der Waals surface area contributed by atoms with Gasteiger partial charge in [-0.2, -0.15) is 0 Å². The first-order chi connectivity index (χ1) is 12.1. The summed E-state index contributed by atoms with van der Waals surface area (Å²) in [6.07, 6.45) is 7.08. The predicted octanol–water partition coefficient (Wildman–Crippen LogP) is 3.88. The van der Waals surface area contributed by atoms with Gasteiger partial charge in [0.25, 0.3) is 5.91 Å². The number of para-hydroxylation sites is 1. The zero-order valence-corrected chi connectivity index (χ0v) is 15.4. The summed E-state index contributed by atoms with van der Waals surface area (Å²) in [5.41, 5.74) is 2.18. The van der Waals surface area contributed by atoms with Gasteiger partial charge < -0.3 is 15.1 Å². The molecule has 3 amide bonds. The minimum absolute atomic E-state index is 0.0231. The number of nitrogens with zero attached hydrogens (tertiary/aromatic N) is 2. The molecule has 5 nitrogen and oxygen atoms in total. The number of hydrogen-bond acceptors (Lipinski definition) is 2. The van der Waals surface area contributed by atoms with E-state index in [1.807, 2.05) is 37.1 Å². The van der Waals surface area contributed by atoms with Gasteiger partial charge in [0.1, 0.15) is 0 Å². The van der Waals surface area contributed by atoms with Crippen molar-refractivity contribution in [2.75, 3.05) is 32.0 Å². The number of carbonyl (C=O) groups excluding carboxylic acids is 2. The van der Waals surface area contributed by atoms with Crippen molar-refractivity contribution in [3.05, 3.63) is 29.3 Å². The Hall–Kier alpha value is -2.04. The number of benzene rings is 1. The van der Waals surface area contributed by atoms with Crippen LogP contribution in [-0.4, -0.2) is 48.4 Å². The van der Waals surface area contributed by atoms with Gasteiger partial charge in [0.15, 0.2) is 0 Å². The number of aryl methyl sites for hydroxylation is 1. The average Bonchev–Trinajstić information content (AvgIpc) is 3.29. The van der Waals surface area contributed by atoms with Crippen molar-refractivity contribution in [1.82, 2.24) is 9.80 Å². The third-order valence-electron chi connectivity index (χ3n) is 5.48. The van der Waals surface area contributed by atoms with Crippen molar-refractivity contribution in [2.45, 2.75) is 45.4 Å². The molecule has 2 aliphatic rings. The van der Waals surface area contributed by atoms with Gasteiger partial charge in [0.05, 0.1) is 11.3 Å². The van der Waals surface area contributed by atoms with Gasteiger partial charge in [0.2, 0.25) is 0 Å². The summed E-state index contributed by atoms with van der Waals surface area (Å²) < 4.78 is 0. The summed E-state index contributed by atoms with van der Waals surface area (Å²) in [7, 11) is 1.84. The Morgan fingerprint density at radius 3 is 2.52 bits per heavy atom. The molecule has 3 rings (SSSR count). The molecule has 1 aromatic rings. The van der Waals surface area contributed by atoms with Crippen molar-refractivity contribution in [3.8, 4) is 0 Å². The Kier molecular flexibility index (Phi) is 5.61. The molecular weight excluding hydrogens is 314 g/mol. The molecule has 1 aromatic carbocycles. The molecule has 1 saturated heterocycles. The van der Waals surface area contributed by atoms with E-state index in [-0.39, 0.29) is 11.9 Å². The van der Waals surface area contributed by atoms with Crippen molar-refractivity contribution < 1.29 is 9.59 Å². The van der Waals surface area contributed by atoms with Gasteiger partial charge in [-0.3, -0.25) is 4.79 Å². The smallest absolute Gasteiger partial charge is 0.321 e. The van der Waals surface area contributed by atoms with Crippen molar-refractivity contribution >= 4 is 17.6 Å². The van der Waals surface area contributed by atoms with Gasteiger partial charge in [-0.25, -0.2) is 4.79 Å². The van der Waals surface area contributed by atoms with E-state index in [2.05, 4.69) is 5.32 Å². The number of carbonyl (C=O) groups is 2. The second-order valence-electron chi connectivity index (χ2n) is 7.46. The van der Waals surface area contributed by atoms with Gasteiger partial charge in [0, 0.05) is 26.7 Å². The molecule has 136 valence electrons. The Morgan fingerprint density at radius 2 is 1.84 bits per heavy atom. The number of rotatable bonds is 4. The highest BCUT2D eigenvalue weighted by molar-refractivity contribution is 6.04. The van der Waals surface area contributed by atoms with E-state index in [1.165, 1.54) is 25.7 Å². The van der Waals surface area contributed by atoms with Crippen molar-refractivity contribution in [3.63, 3.8) is 0 Å². The van der Waals surface area contributed by atoms with E-state index < -0.39 is 0 Å². The molecule has 1 aliphatic carbocycles. The van der Waals surface area contributed by atoms with Crippen LogP contribution in [0, 0.1) is 12.8 Å². The van der Waals surface area contributed by atoms with Crippen molar-refractivity contribution in [2.24, 2.45) is 5.92 Å². The minimum atomic E-state index is -0.128. The number of nitrogens with one attached hydrogen (secondary N) is 1. The van der Waals surface area contributed by atoms with E-state index in [0.29, 0.717) is 17.2 Å². The lowest BCUT2D eigenvalue weighted by atomic mass is 10.1. The molecule has 1 aliphatic heterocycles. The van der Waals surface area contributed by atoms with Gasteiger partial charge >= 0.3 is 6.03 Å². The van der Waals surface area contributed by atoms with E-state index in [9.17, 15) is 9.59 Å². The van der Waals surface area contributed by atoms with Crippen molar-refractivity contribution in [1.29, 1.82) is 0 Å². The molecule has 0 spiro atoms. The molecule has 0 aromatic heterocycles. The van der Waals surface area contributed by atoms with E-state index in [1.54, 1.807) is 4.90 Å². The fourth-order valence-electron chi connectivity index (χ4n) is 3.97. The maximum atomic E-state index is 12.8. The average molecular weight is 343 g/mol. The van der Waals surface area contributed by atoms with Crippen LogP contribution in [-0.2, 0) is 0 Å². The van der Waals surface area contributed by atoms with Crippen LogP contribution in [0.2, 0.25) is 0 Å². The molecule has 1 saturated carbocycles. The Labute approximate surface area is 150 Å². The van der Waals surface area contributed by atoms with E-state index >= 15 is 0 Å². The number of urea groups is 1. The highest BCUT2D eigenvalue weighted by Gasteiger charge is 2.25. The molecular formula is C20H29N3O2. The topological polar surface area (TPSA) is 52.7 Å². The predicted molar refractivity (Wildman–Crippen MR) is 99.9 cm³/mol. The molecule has 5 heteroatoms. The lowest BCUT2D eigenvalue weighted by Crippen LogP contribution is -2.36. The SMILES string of the molecule is Cc1cccc(C(=O)N2CCCC2)c1NC(=O)N(C)CC1CCCC1. The summed E-state index contributed by atoms with van der Waals surface area (Å²) in [5.74, 6) is 0.633. The maximum Gasteiger partial charge on any atom is 0.321 e. The maximum absolute atomic E-state index is 12.8. The highest BCUT2D eigenvalue weighted by atomic mass is 16.2. The second-order valence-corrected chi connectivity index (χ2v) is 7.46. The highest BCUT2D eigenvalue weighted by Crippen LogP contribution is 2.27. The molecule has 1 N–H and O–H groups in total. The molecule has 0 atom stereocenters. The Morgan fingerprint density at radius 1 is 1.16 bits per heavy atom. The van der Waals surface area contributed by atoms with Crippen LogP contribution in [0.25, 0.3) is 0 Å². The van der Waals surface area contributed by atoms with Crippen LogP contribution in [0.3, 0.4) is 0 Å². The molecule has 1 heterocycles. The van der Waals surface area contributed by atoms with Crippen LogP contribution >= 0.6 is 0 Å². The van der Waals surface area contributed by atoms with Crippen LogP contribution < -0.4 is 5.32 Å². The first-order valence-corrected chi connectivity index (χ1v) is 9.47. The minimum Gasteiger partial charge on any atom is -0.339 e. The summed E-state index contributed by atoms with van der Waals surface area (Å²) in [4.78, 5) is 29.1. The summed E-state index contributed by atoms with van der Waals surface area (Å²) in [6, 6.07) is 5.51. The Bertz CT molecular complexity index is 632. The largest absolute Gasteiger partial charge is 0.339 e. The molecule has 2 fully saturated rings.